The number of hydrogen-bond donors (Lipinski definition) is 2. The van der Waals surface area contributed by atoms with Gasteiger partial charge in [0.25, 0.3) is 0 Å². The first-order valence-electron chi connectivity index (χ1n) is 16.3. The number of hydrogen-bond acceptors (Lipinski definition) is 8. The number of aliphatic hydroxyl groups is 1. The number of ether oxygens (including phenoxy) is 3. The van der Waals surface area contributed by atoms with Crippen molar-refractivity contribution in [2.45, 2.75) is 77.9 Å². The van der Waals surface area contributed by atoms with Crippen LogP contribution in [0.3, 0.4) is 0 Å². The van der Waals surface area contributed by atoms with Crippen molar-refractivity contribution in [3.63, 3.8) is 0 Å². The molecule has 0 aliphatic carbocycles. The normalized spacial score (nSPS) is 18.4. The molecule has 2 heterocycles. The molecule has 0 bridgehead atoms. The van der Waals surface area contributed by atoms with Crippen LogP contribution < -0.4 is 14.3 Å². The van der Waals surface area contributed by atoms with E-state index in [4.69, 9.17) is 18.7 Å². The van der Waals surface area contributed by atoms with Gasteiger partial charge in [-0.25, -0.2) is 9.48 Å². The zero-order valence-electron chi connectivity index (χ0n) is 28.2. The molecule has 1 aliphatic rings. The molecule has 10 nitrogen and oxygen atoms in total. The Morgan fingerprint density at radius 2 is 1.78 bits per heavy atom. The highest BCUT2D eigenvalue weighted by Gasteiger charge is 2.32. The van der Waals surface area contributed by atoms with Crippen LogP contribution in [0.4, 0.5) is 4.39 Å². The number of aliphatic hydroxyl groups excluding tert-OH is 1. The first kappa shape index (κ1) is 35.9. The van der Waals surface area contributed by atoms with Crippen LogP contribution in [0.5, 0.6) is 11.5 Å². The minimum Gasteiger partial charge on any atom is -0.481 e. The molecule has 3 aromatic carbocycles. The third-order valence-electron chi connectivity index (χ3n) is 7.81. The second-order valence-electron chi connectivity index (χ2n) is 12.6. The maximum absolute atomic E-state index is 14.2. The number of aromatic nitrogens is 1. The van der Waals surface area contributed by atoms with E-state index < -0.39 is 44.1 Å². The van der Waals surface area contributed by atoms with Crippen LogP contribution in [-0.4, -0.2) is 52.3 Å². The Morgan fingerprint density at radius 1 is 1.06 bits per heavy atom. The Labute approximate surface area is 285 Å². The Kier molecular flexibility index (Phi) is 11.3. The molecule has 0 amide bonds. The zero-order chi connectivity index (χ0) is 35.3. The molecule has 1 fully saturated rings. The largest absolute Gasteiger partial charge is 0.481 e. The number of rotatable bonds is 13. The van der Waals surface area contributed by atoms with Gasteiger partial charge >= 0.3 is 19.5 Å². The van der Waals surface area contributed by atoms with Crippen LogP contribution >= 0.6 is 7.52 Å². The Balaban J connectivity index is 1.53. The average Bonchev–Trinajstić information content (AvgIpc) is 3.36. The summed E-state index contributed by atoms with van der Waals surface area (Å²) in [6.07, 6.45) is 1.69. The van der Waals surface area contributed by atoms with Crippen LogP contribution in [0.2, 0.25) is 0 Å². The fourth-order valence-corrected chi connectivity index (χ4v) is 7.41. The van der Waals surface area contributed by atoms with E-state index in [1.54, 1.807) is 75.4 Å². The summed E-state index contributed by atoms with van der Waals surface area (Å²) in [6.45, 7) is 9.08. The van der Waals surface area contributed by atoms with Crippen molar-refractivity contribution in [3.8, 4) is 22.6 Å². The number of nitrogens with one attached hydrogen (secondary N) is 1. The number of fused-ring (bicyclic) bond motifs is 1. The van der Waals surface area contributed by atoms with Gasteiger partial charge in [0.2, 0.25) is 0 Å². The number of benzene rings is 3. The SMILES string of the molecule is CC(C)OC(=O)[C@H](C)NP(=O)(COc1ccc2c(c1)c(-c1ccc(F)cc1)c(C=C[C@@H]1C[C@@H](O)CC(=O)O1)n2C(C)C)Oc1ccccc1. The molecule has 0 saturated carbocycles. The van der Waals surface area contributed by atoms with E-state index in [0.29, 0.717) is 11.5 Å². The fourth-order valence-electron chi connectivity index (χ4n) is 5.75. The van der Waals surface area contributed by atoms with E-state index in [0.717, 1.165) is 27.7 Å². The average molecular weight is 693 g/mol. The monoisotopic (exact) mass is 692 g/mol. The molecule has 1 aliphatic heterocycles. The topological polar surface area (TPSA) is 125 Å². The third kappa shape index (κ3) is 8.97. The number of para-hydroxylation sites is 1. The van der Waals surface area contributed by atoms with E-state index in [1.807, 2.05) is 32.1 Å². The molecule has 260 valence electrons. The van der Waals surface area contributed by atoms with E-state index in [1.165, 1.54) is 12.1 Å². The molecule has 0 spiro atoms. The van der Waals surface area contributed by atoms with Gasteiger partial charge in [-0.3, -0.25) is 14.2 Å². The van der Waals surface area contributed by atoms with Crippen molar-refractivity contribution in [1.29, 1.82) is 0 Å². The molecule has 1 unspecified atom stereocenters. The van der Waals surface area contributed by atoms with Gasteiger partial charge in [0.15, 0.2) is 6.35 Å². The van der Waals surface area contributed by atoms with E-state index >= 15 is 0 Å². The lowest BCUT2D eigenvalue weighted by Gasteiger charge is -2.24. The summed E-state index contributed by atoms with van der Waals surface area (Å²) in [5.41, 5.74) is 3.15. The van der Waals surface area contributed by atoms with Crippen molar-refractivity contribution in [2.24, 2.45) is 0 Å². The summed E-state index contributed by atoms with van der Waals surface area (Å²) in [4.78, 5) is 24.6. The van der Waals surface area contributed by atoms with Crippen LogP contribution in [0, 0.1) is 5.82 Å². The molecular weight excluding hydrogens is 650 g/mol. The first-order valence-corrected chi connectivity index (χ1v) is 18.1. The summed E-state index contributed by atoms with van der Waals surface area (Å²) >= 11 is 0. The predicted octanol–water partition coefficient (Wildman–Crippen LogP) is 7.65. The summed E-state index contributed by atoms with van der Waals surface area (Å²) in [7, 11) is -3.85. The van der Waals surface area contributed by atoms with Crippen LogP contribution in [0.25, 0.3) is 28.1 Å². The van der Waals surface area contributed by atoms with Crippen molar-refractivity contribution in [1.82, 2.24) is 9.65 Å². The second-order valence-corrected chi connectivity index (χ2v) is 14.6. The second kappa shape index (κ2) is 15.4. The Morgan fingerprint density at radius 3 is 2.43 bits per heavy atom. The van der Waals surface area contributed by atoms with Crippen LogP contribution in [0.1, 0.15) is 59.2 Å². The van der Waals surface area contributed by atoms with Gasteiger partial charge in [-0.1, -0.05) is 30.3 Å². The maximum atomic E-state index is 14.2. The predicted molar refractivity (Wildman–Crippen MR) is 186 cm³/mol. The van der Waals surface area contributed by atoms with Crippen LogP contribution in [0.15, 0.2) is 78.9 Å². The van der Waals surface area contributed by atoms with Gasteiger partial charge in [0.05, 0.1) is 18.6 Å². The highest BCUT2D eigenvalue weighted by atomic mass is 31.2. The maximum Gasteiger partial charge on any atom is 0.354 e. The van der Waals surface area contributed by atoms with Crippen molar-refractivity contribution in [3.05, 3.63) is 90.4 Å². The summed E-state index contributed by atoms with van der Waals surface area (Å²) in [5, 5.41) is 13.7. The molecule has 4 aromatic rings. The Hall–Kier alpha value is -4.44. The molecule has 4 atom stereocenters. The smallest absolute Gasteiger partial charge is 0.354 e. The quantitative estimate of drug-likeness (QED) is 0.107. The molecule has 1 saturated heterocycles. The number of halogens is 1. The van der Waals surface area contributed by atoms with Gasteiger partial charge < -0.3 is 28.4 Å². The summed E-state index contributed by atoms with van der Waals surface area (Å²) in [6, 6.07) is 19.2. The number of esters is 2. The van der Waals surface area contributed by atoms with Gasteiger partial charge in [0, 0.05) is 34.6 Å². The number of carbonyl (C=O) groups excluding carboxylic acids is 2. The molecular formula is C37H42FN2O8P. The molecule has 49 heavy (non-hydrogen) atoms. The third-order valence-corrected chi connectivity index (χ3v) is 9.57. The van der Waals surface area contributed by atoms with Crippen molar-refractivity contribution >= 4 is 36.4 Å². The van der Waals surface area contributed by atoms with Gasteiger partial charge in [-0.2, -0.15) is 0 Å². The summed E-state index contributed by atoms with van der Waals surface area (Å²) in [5.74, 6) is -0.707. The molecule has 1 aromatic heterocycles. The Bertz CT molecular complexity index is 1860. The lowest BCUT2D eigenvalue weighted by atomic mass is 10.00. The fraction of sp³-hybridized carbons (Fsp3) is 0.351. The van der Waals surface area contributed by atoms with Gasteiger partial charge in [0.1, 0.15) is 29.5 Å². The van der Waals surface area contributed by atoms with Crippen LogP contribution in [-0.2, 0) is 23.6 Å². The lowest BCUT2D eigenvalue weighted by Crippen LogP contribution is -2.36. The van der Waals surface area contributed by atoms with E-state index in [2.05, 4.69) is 9.65 Å². The minimum absolute atomic E-state index is 0.0154. The standard InChI is InChI=1S/C37H42FN2O8P/c1-23(2)40-33-17-15-30(45-22-49(44,48-29-9-7-6-8-10-29)39-25(5)37(43)46-24(3)4)21-32(33)36(26-11-13-27(38)14-12-26)34(40)18-16-31-19-28(41)20-35(42)47-31/h6-18,21,23-25,28,31,41H,19-20,22H2,1-5H3,(H,39,44)/t25-,28+,31+,49?/m0/s1. The van der Waals surface area contributed by atoms with Crippen molar-refractivity contribution < 1.29 is 42.4 Å². The molecule has 2 N–H and O–H groups in total. The molecule has 0 radical (unpaired) electrons. The lowest BCUT2D eigenvalue weighted by molar-refractivity contribution is -0.156. The highest BCUT2D eigenvalue weighted by molar-refractivity contribution is 7.57. The van der Waals surface area contributed by atoms with Crippen molar-refractivity contribution in [2.75, 3.05) is 6.35 Å². The summed E-state index contributed by atoms with van der Waals surface area (Å²) < 4.78 is 53.2. The molecule has 12 heteroatoms. The van der Waals surface area contributed by atoms with E-state index in [9.17, 15) is 23.7 Å². The van der Waals surface area contributed by atoms with Gasteiger partial charge in [-0.15, -0.1) is 0 Å². The number of carbonyl (C=O) groups is 2. The number of cyclic esters (lactones) is 1. The van der Waals surface area contributed by atoms with E-state index in [-0.39, 0.29) is 30.8 Å². The minimum atomic E-state index is -3.85. The zero-order valence-corrected chi connectivity index (χ0v) is 29.1. The highest BCUT2D eigenvalue weighted by Crippen LogP contribution is 2.45. The first-order chi connectivity index (χ1) is 23.3. The van der Waals surface area contributed by atoms with Gasteiger partial charge in [-0.05, 0) is 94.8 Å². The molecule has 5 rings (SSSR count). The number of nitrogens with zero attached hydrogens (tertiary/aromatic N) is 1.